The molecule has 2 N–H and O–H groups in total. The molecule has 272 valence electrons. The fourth-order valence-corrected chi connectivity index (χ4v) is 6.92. The zero-order valence-corrected chi connectivity index (χ0v) is 31.0. The molecule has 0 radical (unpaired) electrons. The maximum Gasteiger partial charge on any atom is 0.304 e. The van der Waals surface area contributed by atoms with Crippen LogP contribution in [0.2, 0.25) is 0 Å². The van der Waals surface area contributed by atoms with E-state index in [9.17, 15) is 8.78 Å². The first kappa shape index (κ1) is 36.1. The highest BCUT2D eigenvalue weighted by Gasteiger charge is 2.22. The van der Waals surface area contributed by atoms with Crippen molar-refractivity contribution in [3.05, 3.63) is 132 Å². The van der Waals surface area contributed by atoms with E-state index in [0.29, 0.717) is 43.5 Å². The van der Waals surface area contributed by atoms with Crippen molar-refractivity contribution < 1.29 is 18.3 Å². The van der Waals surface area contributed by atoms with Crippen LogP contribution in [0.25, 0.3) is 44.8 Å². The number of nitrogens with one attached hydrogen (secondary N) is 2. The van der Waals surface area contributed by atoms with Crippen molar-refractivity contribution in [3.8, 4) is 34.8 Å². The summed E-state index contributed by atoms with van der Waals surface area (Å²) in [4.78, 5) is 9.22. The first-order valence-electron chi connectivity index (χ1n) is 16.3. The first-order valence-corrected chi connectivity index (χ1v) is 18.7. The van der Waals surface area contributed by atoms with Gasteiger partial charge in [-0.2, -0.15) is 20.2 Å². The summed E-state index contributed by atoms with van der Waals surface area (Å²) in [6.45, 7) is 0. The first-order chi connectivity index (χ1) is 26.3. The summed E-state index contributed by atoms with van der Waals surface area (Å²) in [7, 11) is 2.98. The number of thioether (sulfide) groups is 2. The molecule has 12 nitrogen and oxygen atoms in total. The van der Waals surface area contributed by atoms with Gasteiger partial charge in [0, 0.05) is 0 Å². The Morgan fingerprint density at radius 3 is 1.19 bits per heavy atom. The van der Waals surface area contributed by atoms with E-state index in [1.54, 1.807) is 42.8 Å². The average molecular weight is 763 g/mol. The number of aromatic nitrogens is 8. The van der Waals surface area contributed by atoms with E-state index in [4.69, 9.17) is 20.3 Å². The Morgan fingerprint density at radius 1 is 0.519 bits per heavy atom. The monoisotopic (exact) mass is 762 g/mol. The number of para-hydroxylation sites is 2. The predicted molar refractivity (Wildman–Crippen MR) is 205 cm³/mol. The summed E-state index contributed by atoms with van der Waals surface area (Å²) < 4.78 is 44.0. The maximum atomic E-state index is 13.3. The van der Waals surface area contributed by atoms with Gasteiger partial charge < -0.3 is 9.47 Å². The molecule has 4 aromatic carbocycles. The van der Waals surface area contributed by atoms with E-state index in [0.717, 1.165) is 11.4 Å². The second kappa shape index (κ2) is 15.4. The van der Waals surface area contributed by atoms with Gasteiger partial charge in [0.1, 0.15) is 32.7 Å². The van der Waals surface area contributed by atoms with Gasteiger partial charge in [-0.25, -0.2) is 27.3 Å². The molecule has 8 aromatic rings. The second-order valence-electron chi connectivity index (χ2n) is 11.4. The highest BCUT2D eigenvalue weighted by Crippen LogP contribution is 2.29. The van der Waals surface area contributed by atoms with E-state index < -0.39 is 0 Å². The topological polar surface area (TPSA) is 137 Å². The van der Waals surface area contributed by atoms with Crippen LogP contribution in [0, 0.1) is 22.5 Å². The number of hydrogen-bond acceptors (Lipinski definition) is 10. The van der Waals surface area contributed by atoms with Crippen LogP contribution in [-0.4, -0.2) is 65.4 Å². The molecule has 0 saturated heterocycles. The fourth-order valence-electron chi connectivity index (χ4n) is 5.81. The van der Waals surface area contributed by atoms with Crippen LogP contribution in [0.5, 0.6) is 12.0 Å². The number of nitrogens with zero attached hydrogens (tertiary/aromatic N) is 8. The molecule has 16 heteroatoms. The maximum absolute atomic E-state index is 13.3. The lowest BCUT2D eigenvalue weighted by Crippen LogP contribution is -2.22. The molecule has 0 aliphatic rings. The second-order valence-corrected chi connectivity index (χ2v) is 13.0. The van der Waals surface area contributed by atoms with Crippen molar-refractivity contribution in [2.45, 2.75) is 10.1 Å². The molecule has 8 rings (SSSR count). The summed E-state index contributed by atoms with van der Waals surface area (Å²) >= 11 is 2.88. The third-order valence-electron chi connectivity index (χ3n) is 8.29. The zero-order chi connectivity index (χ0) is 37.9. The van der Waals surface area contributed by atoms with Crippen molar-refractivity contribution in [2.24, 2.45) is 0 Å². The smallest absolute Gasteiger partial charge is 0.304 e. The van der Waals surface area contributed by atoms with Crippen molar-refractivity contribution in [2.75, 3.05) is 26.7 Å². The Hall–Kier alpha value is -6.26. The van der Waals surface area contributed by atoms with Crippen LogP contribution in [0.1, 0.15) is 0 Å². The highest BCUT2D eigenvalue weighted by atomic mass is 32.2. The number of benzene rings is 4. The molecular formula is C38H32F2N10O2S2. The van der Waals surface area contributed by atoms with Gasteiger partial charge in [-0.15, -0.1) is 23.5 Å². The van der Waals surface area contributed by atoms with E-state index in [2.05, 4.69) is 20.2 Å². The molecule has 4 heterocycles. The molecular weight excluding hydrogens is 731 g/mol. The predicted octanol–water partition coefficient (Wildman–Crippen LogP) is 7.12. The van der Waals surface area contributed by atoms with Crippen molar-refractivity contribution in [3.63, 3.8) is 0 Å². The van der Waals surface area contributed by atoms with E-state index in [1.807, 2.05) is 73.2 Å². The molecule has 0 aliphatic carbocycles. The zero-order valence-electron chi connectivity index (χ0n) is 29.4. The van der Waals surface area contributed by atoms with Crippen molar-refractivity contribution in [1.29, 1.82) is 10.8 Å². The van der Waals surface area contributed by atoms with Gasteiger partial charge in [-0.1, -0.05) is 36.4 Å². The summed E-state index contributed by atoms with van der Waals surface area (Å²) in [5.74, 6) is -0.693. The Bertz CT molecular complexity index is 2530. The van der Waals surface area contributed by atoms with Crippen molar-refractivity contribution in [1.82, 2.24) is 38.7 Å². The molecule has 0 aliphatic heterocycles. The van der Waals surface area contributed by atoms with Crippen molar-refractivity contribution >= 4 is 45.6 Å². The molecule has 0 bridgehead atoms. The average Bonchev–Trinajstić information content (AvgIpc) is 3.78. The molecule has 54 heavy (non-hydrogen) atoms. The van der Waals surface area contributed by atoms with Crippen LogP contribution in [0.4, 0.5) is 8.78 Å². The normalized spacial score (nSPS) is 11.1. The number of fused-ring (bicyclic) bond motifs is 2. The van der Waals surface area contributed by atoms with E-state index in [-0.39, 0.29) is 34.6 Å². The number of ether oxygens (including phenoxy) is 2. The number of methoxy groups -OCH3 is 2. The summed E-state index contributed by atoms with van der Waals surface area (Å²) in [6.07, 6.45) is 3.81. The Balaban J connectivity index is 0.000000167. The Kier molecular flexibility index (Phi) is 10.3. The lowest BCUT2D eigenvalue weighted by atomic mass is 10.3. The number of hydrogen-bond donors (Lipinski definition) is 2. The molecule has 4 aromatic heterocycles. The molecule has 0 saturated carbocycles. The summed E-state index contributed by atoms with van der Waals surface area (Å²) in [6, 6.07) is 31.4. The third-order valence-corrected chi connectivity index (χ3v) is 9.63. The molecule has 0 atom stereocenters. The quantitative estimate of drug-likeness (QED) is 0.156. The molecule has 0 fully saturated rings. The highest BCUT2D eigenvalue weighted by molar-refractivity contribution is 7.99. The van der Waals surface area contributed by atoms with Crippen LogP contribution in [0.3, 0.4) is 0 Å². The van der Waals surface area contributed by atoms with Gasteiger partial charge >= 0.3 is 12.0 Å². The van der Waals surface area contributed by atoms with Gasteiger partial charge in [0.15, 0.2) is 11.3 Å². The fraction of sp³-hybridized carbons (Fsp3) is 0.105. The third kappa shape index (κ3) is 6.60. The SMILES string of the molecule is COc1nc2c(c(SC)nn2-c2ccccc2)c(=N)n1-c1ccc(F)cc1.COc1nc2c(c(SC)nn2-c2ccccc2)c(=N)n1-c1ccc(F)cc1. The minimum absolute atomic E-state index is 0.176. The largest absolute Gasteiger partial charge is 0.468 e. The molecule has 0 spiro atoms. The lowest BCUT2D eigenvalue weighted by Gasteiger charge is -2.13. The van der Waals surface area contributed by atoms with Crippen LogP contribution in [0.15, 0.2) is 119 Å². The van der Waals surface area contributed by atoms with E-state index in [1.165, 1.54) is 62.0 Å². The Labute approximate surface area is 315 Å². The lowest BCUT2D eigenvalue weighted by molar-refractivity contribution is 0.366. The minimum Gasteiger partial charge on any atom is -0.468 e. The summed E-state index contributed by atoms with van der Waals surface area (Å²) in [5.41, 5.74) is 4.29. The Morgan fingerprint density at radius 2 is 0.870 bits per heavy atom. The van der Waals surface area contributed by atoms with Crippen LogP contribution < -0.4 is 20.4 Å². The van der Waals surface area contributed by atoms with E-state index >= 15 is 0 Å². The summed E-state index contributed by atoms with van der Waals surface area (Å²) in [5, 5.41) is 29.4. The standard InChI is InChI=1S/2C19H16FN5OS/c2*1-26-19-22-17-15(16(21)24(19)13-10-8-12(20)9-11-13)18(27-2)23-25(17)14-6-4-3-5-7-14/h2*3-11,21H,1-2H3. The van der Waals surface area contributed by atoms with Gasteiger partial charge in [-0.05, 0) is 85.3 Å². The molecule has 0 amide bonds. The minimum atomic E-state index is -0.347. The van der Waals surface area contributed by atoms with Gasteiger partial charge in [0.25, 0.3) is 0 Å². The van der Waals surface area contributed by atoms with Gasteiger partial charge in [-0.3, -0.25) is 10.8 Å². The van der Waals surface area contributed by atoms with Gasteiger partial charge in [0.2, 0.25) is 0 Å². The number of halogens is 2. The van der Waals surface area contributed by atoms with Crippen LogP contribution in [-0.2, 0) is 0 Å². The number of rotatable bonds is 8. The van der Waals surface area contributed by atoms with Gasteiger partial charge in [0.05, 0.1) is 47.7 Å². The van der Waals surface area contributed by atoms with Crippen LogP contribution >= 0.6 is 23.5 Å². The molecule has 0 unspecified atom stereocenters.